The topological polar surface area (TPSA) is 59.9 Å². The number of H-pyrrole nitrogens is 1. The maximum Gasteiger partial charge on any atom is 0.302 e. The molecule has 94 valence electrons. The van der Waals surface area contributed by atoms with Crippen molar-refractivity contribution in [3.8, 4) is 11.4 Å². The highest BCUT2D eigenvalue weighted by Crippen LogP contribution is 2.16. The minimum Gasteiger partial charge on any atom is -0.464 e. The number of hydrogen-bond donors (Lipinski definition) is 1. The zero-order chi connectivity index (χ0) is 13.0. The zero-order valence-corrected chi connectivity index (χ0v) is 10.7. The normalized spacial score (nSPS) is 10.3. The second-order valence-electron chi connectivity index (χ2n) is 3.71. The highest BCUT2D eigenvalue weighted by molar-refractivity contribution is 7.71. The van der Waals surface area contributed by atoms with Crippen LogP contribution in [0.25, 0.3) is 11.4 Å². The molecule has 0 atom stereocenters. The van der Waals surface area contributed by atoms with Crippen molar-refractivity contribution < 1.29 is 9.53 Å². The van der Waals surface area contributed by atoms with Gasteiger partial charge in [-0.15, -0.1) is 0 Å². The molecule has 18 heavy (non-hydrogen) atoms. The molecule has 0 saturated carbocycles. The fourth-order valence-electron chi connectivity index (χ4n) is 1.61. The SMILES string of the molecule is CC(=O)OCCn1c(-c2ccccc2)n[nH]c1=S. The van der Waals surface area contributed by atoms with Gasteiger partial charge in [0.25, 0.3) is 0 Å². The number of aromatic amines is 1. The first-order valence-corrected chi connectivity index (χ1v) is 5.93. The van der Waals surface area contributed by atoms with Crippen molar-refractivity contribution in [3.05, 3.63) is 35.1 Å². The van der Waals surface area contributed by atoms with E-state index < -0.39 is 0 Å². The van der Waals surface area contributed by atoms with Crippen molar-refractivity contribution >= 4 is 18.2 Å². The van der Waals surface area contributed by atoms with Crippen LogP contribution in [0.15, 0.2) is 30.3 Å². The predicted molar refractivity (Wildman–Crippen MR) is 69.5 cm³/mol. The van der Waals surface area contributed by atoms with Crippen LogP contribution in [0.1, 0.15) is 6.92 Å². The van der Waals surface area contributed by atoms with Crippen LogP contribution in [-0.2, 0) is 16.1 Å². The van der Waals surface area contributed by atoms with Gasteiger partial charge in [-0.2, -0.15) is 5.10 Å². The van der Waals surface area contributed by atoms with Crippen LogP contribution in [0.2, 0.25) is 0 Å². The molecule has 2 aromatic rings. The second kappa shape index (κ2) is 5.59. The Kier molecular flexibility index (Phi) is 3.88. The van der Waals surface area contributed by atoms with Gasteiger partial charge in [0.1, 0.15) is 6.61 Å². The summed E-state index contributed by atoms with van der Waals surface area (Å²) in [5, 5.41) is 6.94. The number of carbonyl (C=O) groups is 1. The van der Waals surface area contributed by atoms with Crippen molar-refractivity contribution in [3.63, 3.8) is 0 Å². The van der Waals surface area contributed by atoms with E-state index in [1.165, 1.54) is 6.92 Å². The molecule has 1 heterocycles. The number of benzene rings is 1. The summed E-state index contributed by atoms with van der Waals surface area (Å²) in [6.07, 6.45) is 0. The van der Waals surface area contributed by atoms with Crippen molar-refractivity contribution in [1.82, 2.24) is 14.8 Å². The smallest absolute Gasteiger partial charge is 0.302 e. The molecule has 1 aromatic heterocycles. The lowest BCUT2D eigenvalue weighted by Gasteiger charge is -2.06. The van der Waals surface area contributed by atoms with E-state index in [1.54, 1.807) is 0 Å². The van der Waals surface area contributed by atoms with Gasteiger partial charge in [-0.3, -0.25) is 14.5 Å². The number of nitrogens with zero attached hydrogens (tertiary/aromatic N) is 2. The highest BCUT2D eigenvalue weighted by Gasteiger charge is 2.08. The molecule has 0 fully saturated rings. The van der Waals surface area contributed by atoms with Gasteiger partial charge in [0.15, 0.2) is 10.6 Å². The molecule has 0 amide bonds. The number of carbonyl (C=O) groups excluding carboxylic acids is 1. The van der Waals surface area contributed by atoms with E-state index in [2.05, 4.69) is 10.2 Å². The number of nitrogens with one attached hydrogen (secondary N) is 1. The maximum atomic E-state index is 10.7. The van der Waals surface area contributed by atoms with Crippen LogP contribution in [0, 0.1) is 4.77 Å². The number of hydrogen-bond acceptors (Lipinski definition) is 4. The third kappa shape index (κ3) is 2.84. The Morgan fingerprint density at radius 2 is 2.17 bits per heavy atom. The van der Waals surface area contributed by atoms with E-state index in [4.69, 9.17) is 17.0 Å². The monoisotopic (exact) mass is 263 g/mol. The molecule has 1 aromatic carbocycles. The van der Waals surface area contributed by atoms with E-state index in [-0.39, 0.29) is 12.6 Å². The summed E-state index contributed by atoms with van der Waals surface area (Å²) in [5.74, 6) is 0.444. The summed E-state index contributed by atoms with van der Waals surface area (Å²) >= 11 is 5.16. The number of ether oxygens (including phenoxy) is 1. The van der Waals surface area contributed by atoms with E-state index in [0.717, 1.165) is 11.4 Å². The third-order valence-electron chi connectivity index (χ3n) is 2.41. The van der Waals surface area contributed by atoms with Crippen LogP contribution < -0.4 is 0 Å². The van der Waals surface area contributed by atoms with Gasteiger partial charge >= 0.3 is 5.97 Å². The van der Waals surface area contributed by atoms with E-state index >= 15 is 0 Å². The molecule has 0 unspecified atom stereocenters. The fourth-order valence-corrected chi connectivity index (χ4v) is 1.84. The number of rotatable bonds is 4. The average molecular weight is 263 g/mol. The lowest BCUT2D eigenvalue weighted by atomic mass is 10.2. The first kappa shape index (κ1) is 12.5. The molecule has 0 bridgehead atoms. The van der Waals surface area contributed by atoms with Crippen molar-refractivity contribution in [2.75, 3.05) is 6.61 Å². The molecular formula is C12H13N3O2S. The van der Waals surface area contributed by atoms with Crippen molar-refractivity contribution in [1.29, 1.82) is 0 Å². The Hall–Kier alpha value is -1.95. The molecule has 0 radical (unpaired) electrons. The molecule has 0 aliphatic carbocycles. The van der Waals surface area contributed by atoms with Crippen LogP contribution in [0.4, 0.5) is 0 Å². The summed E-state index contributed by atoms with van der Waals surface area (Å²) in [6.45, 7) is 2.15. The van der Waals surface area contributed by atoms with Gasteiger partial charge in [0.2, 0.25) is 0 Å². The lowest BCUT2D eigenvalue weighted by Crippen LogP contribution is -2.10. The Morgan fingerprint density at radius 1 is 1.44 bits per heavy atom. The first-order valence-electron chi connectivity index (χ1n) is 5.52. The Bertz CT molecular complexity index is 589. The molecule has 2 rings (SSSR count). The standard InChI is InChI=1S/C12H13N3O2S/c1-9(16)17-8-7-15-11(13-14-12(15)18)10-5-3-2-4-6-10/h2-6H,7-8H2,1H3,(H,14,18). The van der Waals surface area contributed by atoms with Gasteiger partial charge in [-0.05, 0) is 12.2 Å². The Balaban J connectivity index is 2.22. The Morgan fingerprint density at radius 3 is 2.83 bits per heavy atom. The average Bonchev–Trinajstić information content (AvgIpc) is 2.72. The molecule has 5 nitrogen and oxygen atoms in total. The highest BCUT2D eigenvalue weighted by atomic mass is 32.1. The molecule has 1 N–H and O–H groups in total. The summed E-state index contributed by atoms with van der Waals surface area (Å²) in [6, 6.07) is 9.71. The summed E-state index contributed by atoms with van der Waals surface area (Å²) in [5.41, 5.74) is 0.965. The number of esters is 1. The van der Waals surface area contributed by atoms with Gasteiger partial charge in [-0.25, -0.2) is 0 Å². The second-order valence-corrected chi connectivity index (χ2v) is 4.10. The van der Waals surface area contributed by atoms with Crippen LogP contribution in [0.5, 0.6) is 0 Å². The molecular weight excluding hydrogens is 250 g/mol. The fraction of sp³-hybridized carbons (Fsp3) is 0.250. The Labute approximate surface area is 109 Å². The molecule has 6 heteroatoms. The van der Waals surface area contributed by atoms with Crippen LogP contribution in [0.3, 0.4) is 0 Å². The molecule has 0 aliphatic heterocycles. The minimum atomic E-state index is -0.300. The van der Waals surface area contributed by atoms with E-state index in [0.29, 0.717) is 11.3 Å². The predicted octanol–water partition coefficient (Wildman–Crippen LogP) is 2.17. The molecule has 0 spiro atoms. The minimum absolute atomic E-state index is 0.281. The first-order chi connectivity index (χ1) is 8.68. The maximum absolute atomic E-state index is 10.7. The summed E-state index contributed by atoms with van der Waals surface area (Å²) in [4.78, 5) is 10.7. The number of aromatic nitrogens is 3. The largest absolute Gasteiger partial charge is 0.464 e. The van der Waals surface area contributed by atoms with Crippen LogP contribution >= 0.6 is 12.2 Å². The van der Waals surface area contributed by atoms with E-state index in [1.807, 2.05) is 34.9 Å². The zero-order valence-electron chi connectivity index (χ0n) is 9.92. The van der Waals surface area contributed by atoms with Crippen molar-refractivity contribution in [2.45, 2.75) is 13.5 Å². The van der Waals surface area contributed by atoms with Gasteiger partial charge in [0.05, 0.1) is 6.54 Å². The molecule has 0 aliphatic rings. The summed E-state index contributed by atoms with van der Waals surface area (Å²) < 4.78 is 7.24. The van der Waals surface area contributed by atoms with Gasteiger partial charge in [0, 0.05) is 12.5 Å². The van der Waals surface area contributed by atoms with Crippen molar-refractivity contribution in [2.24, 2.45) is 0 Å². The van der Waals surface area contributed by atoms with Crippen LogP contribution in [-0.4, -0.2) is 27.3 Å². The quantitative estimate of drug-likeness (QED) is 0.678. The summed E-state index contributed by atoms with van der Waals surface area (Å²) in [7, 11) is 0. The van der Waals surface area contributed by atoms with Gasteiger partial charge in [-0.1, -0.05) is 30.3 Å². The lowest BCUT2D eigenvalue weighted by molar-refractivity contribution is -0.141. The van der Waals surface area contributed by atoms with E-state index in [9.17, 15) is 4.79 Å². The van der Waals surface area contributed by atoms with Gasteiger partial charge < -0.3 is 4.74 Å². The third-order valence-corrected chi connectivity index (χ3v) is 2.72. The molecule has 0 saturated heterocycles.